The molecule has 0 aliphatic heterocycles. The van der Waals surface area contributed by atoms with Gasteiger partial charge in [0.15, 0.2) is 28.8 Å². The van der Waals surface area contributed by atoms with E-state index < -0.39 is 11.8 Å². The third-order valence-electron chi connectivity index (χ3n) is 3.75. The van der Waals surface area contributed by atoms with Crippen LogP contribution in [0.15, 0.2) is 47.8 Å². The summed E-state index contributed by atoms with van der Waals surface area (Å²) in [6, 6.07) is 11.4. The third kappa shape index (κ3) is 4.58. The van der Waals surface area contributed by atoms with Crippen LogP contribution in [0.1, 0.15) is 10.5 Å². The summed E-state index contributed by atoms with van der Waals surface area (Å²) in [6.07, 6.45) is 0. The maximum atomic E-state index is 13.4. The maximum absolute atomic E-state index is 13.4. The molecule has 146 valence electrons. The average molecular weight is 403 g/mol. The number of esters is 1. The molecule has 1 heterocycles. The summed E-state index contributed by atoms with van der Waals surface area (Å²) in [4.78, 5) is 16.4. The highest BCUT2D eigenvalue weighted by molar-refractivity contribution is 7.13. The summed E-state index contributed by atoms with van der Waals surface area (Å²) in [7, 11) is 3.11. The number of carbonyl (C=O) groups is 1. The number of ether oxygens (including phenoxy) is 4. The standard InChI is InChI=1S/C20H18FNO5S/c1-24-17-8-7-13(11-18(17)25-2)19-22-15(12-28-19)20(23)27-10-9-26-16-6-4-3-5-14(16)21/h3-8,11-12H,9-10H2,1-2H3. The van der Waals surface area contributed by atoms with Crippen LogP contribution in [0.25, 0.3) is 10.6 Å². The minimum Gasteiger partial charge on any atom is -0.493 e. The van der Waals surface area contributed by atoms with Gasteiger partial charge < -0.3 is 18.9 Å². The largest absolute Gasteiger partial charge is 0.493 e. The first kappa shape index (κ1) is 19.6. The van der Waals surface area contributed by atoms with Crippen molar-refractivity contribution in [1.82, 2.24) is 4.98 Å². The fourth-order valence-electron chi connectivity index (χ4n) is 2.39. The number of halogens is 1. The molecule has 0 radical (unpaired) electrons. The van der Waals surface area contributed by atoms with E-state index in [-0.39, 0.29) is 24.7 Å². The first-order valence-electron chi connectivity index (χ1n) is 8.34. The lowest BCUT2D eigenvalue weighted by Gasteiger charge is -2.08. The second-order valence-corrected chi connectivity index (χ2v) is 6.38. The van der Waals surface area contributed by atoms with Crippen molar-refractivity contribution in [2.45, 2.75) is 0 Å². The first-order chi connectivity index (χ1) is 13.6. The number of nitrogens with zero attached hydrogens (tertiary/aromatic N) is 1. The fraction of sp³-hybridized carbons (Fsp3) is 0.200. The molecule has 0 aliphatic rings. The minimum absolute atomic E-state index is 0.0175. The fourth-order valence-corrected chi connectivity index (χ4v) is 3.18. The number of para-hydroxylation sites is 1. The molecule has 3 rings (SSSR count). The lowest BCUT2D eigenvalue weighted by molar-refractivity contribution is 0.0442. The molecule has 0 saturated carbocycles. The Labute approximate surface area is 165 Å². The summed E-state index contributed by atoms with van der Waals surface area (Å²) in [6.45, 7) is 0.0235. The Morgan fingerprint density at radius 3 is 2.57 bits per heavy atom. The van der Waals surface area contributed by atoms with Gasteiger partial charge in [0.05, 0.1) is 14.2 Å². The zero-order valence-electron chi connectivity index (χ0n) is 15.3. The van der Waals surface area contributed by atoms with E-state index in [9.17, 15) is 9.18 Å². The van der Waals surface area contributed by atoms with Crippen LogP contribution in [-0.4, -0.2) is 38.4 Å². The number of thiazole rings is 1. The molecule has 0 amide bonds. The summed E-state index contributed by atoms with van der Waals surface area (Å²) < 4.78 is 34.3. The predicted octanol–water partition coefficient (Wildman–Crippen LogP) is 4.20. The van der Waals surface area contributed by atoms with Gasteiger partial charge in [0, 0.05) is 10.9 Å². The molecule has 0 atom stereocenters. The van der Waals surface area contributed by atoms with Crippen LogP contribution in [0, 0.1) is 5.82 Å². The van der Waals surface area contributed by atoms with E-state index in [4.69, 9.17) is 18.9 Å². The molecule has 0 spiro atoms. The van der Waals surface area contributed by atoms with Crippen molar-refractivity contribution in [2.24, 2.45) is 0 Å². The SMILES string of the molecule is COc1ccc(-c2nc(C(=O)OCCOc3ccccc3F)cs2)cc1OC. The van der Waals surface area contributed by atoms with Gasteiger partial charge in [-0.15, -0.1) is 11.3 Å². The molecular formula is C20H18FNO5S. The van der Waals surface area contributed by atoms with Crippen molar-refractivity contribution in [3.63, 3.8) is 0 Å². The van der Waals surface area contributed by atoms with Crippen molar-refractivity contribution in [3.05, 3.63) is 59.4 Å². The molecule has 0 fully saturated rings. The molecule has 2 aromatic carbocycles. The molecular weight excluding hydrogens is 385 g/mol. The number of carbonyl (C=O) groups excluding carboxylic acids is 1. The van der Waals surface area contributed by atoms with E-state index >= 15 is 0 Å². The van der Waals surface area contributed by atoms with Gasteiger partial charge in [-0.2, -0.15) is 0 Å². The lowest BCUT2D eigenvalue weighted by Crippen LogP contribution is -2.13. The van der Waals surface area contributed by atoms with E-state index in [1.165, 1.54) is 23.5 Å². The van der Waals surface area contributed by atoms with E-state index in [0.29, 0.717) is 16.5 Å². The molecule has 0 bridgehead atoms. The van der Waals surface area contributed by atoms with Gasteiger partial charge in [0.2, 0.25) is 0 Å². The number of hydrogen-bond acceptors (Lipinski definition) is 7. The maximum Gasteiger partial charge on any atom is 0.357 e. The second-order valence-electron chi connectivity index (χ2n) is 5.52. The van der Waals surface area contributed by atoms with Gasteiger partial charge in [0.25, 0.3) is 0 Å². The molecule has 0 unspecified atom stereocenters. The number of hydrogen-bond donors (Lipinski definition) is 0. The van der Waals surface area contributed by atoms with Crippen molar-refractivity contribution in [2.75, 3.05) is 27.4 Å². The highest BCUT2D eigenvalue weighted by atomic mass is 32.1. The quantitative estimate of drug-likeness (QED) is 0.415. The number of methoxy groups -OCH3 is 2. The number of benzene rings is 2. The van der Waals surface area contributed by atoms with Crippen molar-refractivity contribution < 1.29 is 28.1 Å². The Bertz CT molecular complexity index is 959. The first-order valence-corrected chi connectivity index (χ1v) is 9.22. The van der Waals surface area contributed by atoms with Crippen LogP contribution in [0.5, 0.6) is 17.2 Å². The zero-order valence-corrected chi connectivity index (χ0v) is 16.1. The Morgan fingerprint density at radius 2 is 1.82 bits per heavy atom. The summed E-state index contributed by atoms with van der Waals surface area (Å²) in [5.74, 6) is 0.262. The Morgan fingerprint density at radius 1 is 1.04 bits per heavy atom. The molecule has 28 heavy (non-hydrogen) atoms. The van der Waals surface area contributed by atoms with Gasteiger partial charge in [-0.05, 0) is 30.3 Å². The zero-order chi connectivity index (χ0) is 19.9. The molecule has 0 saturated heterocycles. The van der Waals surface area contributed by atoms with Crippen LogP contribution in [0.4, 0.5) is 4.39 Å². The molecule has 8 heteroatoms. The predicted molar refractivity (Wildman–Crippen MR) is 103 cm³/mol. The van der Waals surface area contributed by atoms with Crippen LogP contribution in [0.3, 0.4) is 0 Å². The van der Waals surface area contributed by atoms with Gasteiger partial charge >= 0.3 is 5.97 Å². The molecule has 6 nitrogen and oxygen atoms in total. The number of rotatable bonds is 8. The van der Waals surface area contributed by atoms with Crippen LogP contribution >= 0.6 is 11.3 Å². The van der Waals surface area contributed by atoms with Gasteiger partial charge in [-0.3, -0.25) is 0 Å². The van der Waals surface area contributed by atoms with Gasteiger partial charge in [0.1, 0.15) is 18.2 Å². The van der Waals surface area contributed by atoms with E-state index in [2.05, 4.69) is 4.98 Å². The molecule has 0 N–H and O–H groups in total. The molecule has 0 aliphatic carbocycles. The van der Waals surface area contributed by atoms with Crippen LogP contribution < -0.4 is 14.2 Å². The molecule has 1 aromatic heterocycles. The highest BCUT2D eigenvalue weighted by Gasteiger charge is 2.15. The van der Waals surface area contributed by atoms with Gasteiger partial charge in [-0.1, -0.05) is 12.1 Å². The average Bonchev–Trinajstić information content (AvgIpc) is 3.22. The summed E-state index contributed by atoms with van der Waals surface area (Å²) in [5.41, 5.74) is 0.991. The van der Waals surface area contributed by atoms with E-state index in [0.717, 1.165) is 5.56 Å². The topological polar surface area (TPSA) is 66.9 Å². The van der Waals surface area contributed by atoms with E-state index in [1.807, 2.05) is 6.07 Å². The van der Waals surface area contributed by atoms with Crippen LogP contribution in [-0.2, 0) is 4.74 Å². The number of aromatic nitrogens is 1. The highest BCUT2D eigenvalue weighted by Crippen LogP contribution is 2.33. The van der Waals surface area contributed by atoms with Gasteiger partial charge in [-0.25, -0.2) is 14.2 Å². The van der Waals surface area contributed by atoms with Crippen molar-refractivity contribution in [3.8, 4) is 27.8 Å². The normalized spacial score (nSPS) is 10.4. The van der Waals surface area contributed by atoms with Crippen molar-refractivity contribution in [1.29, 1.82) is 0 Å². The van der Waals surface area contributed by atoms with Crippen molar-refractivity contribution >= 4 is 17.3 Å². The minimum atomic E-state index is -0.569. The smallest absolute Gasteiger partial charge is 0.357 e. The lowest BCUT2D eigenvalue weighted by atomic mass is 10.2. The monoisotopic (exact) mass is 403 g/mol. The molecule has 3 aromatic rings. The van der Waals surface area contributed by atoms with E-state index in [1.54, 1.807) is 43.9 Å². The summed E-state index contributed by atoms with van der Waals surface area (Å²) in [5, 5.41) is 2.27. The Kier molecular flexibility index (Phi) is 6.44. The Balaban J connectivity index is 1.57. The third-order valence-corrected chi connectivity index (χ3v) is 4.65. The Hall–Kier alpha value is -3.13. The second kappa shape index (κ2) is 9.18. The van der Waals surface area contributed by atoms with Crippen LogP contribution in [0.2, 0.25) is 0 Å². The summed E-state index contributed by atoms with van der Waals surface area (Å²) >= 11 is 1.31.